The number of hydrogen-bond acceptors (Lipinski definition) is 2. The topological polar surface area (TPSA) is 43.8 Å². The fraction of sp³-hybridized carbons (Fsp3) is 0.235. The molecule has 0 radical (unpaired) electrons. The minimum absolute atomic E-state index is 0.350. The summed E-state index contributed by atoms with van der Waals surface area (Å²) in [6.07, 6.45) is 3.16. The zero-order valence-electron chi connectivity index (χ0n) is 11.6. The number of nitrogens with zero attached hydrogens (tertiary/aromatic N) is 2. The molecule has 0 amide bonds. The van der Waals surface area contributed by atoms with Crippen LogP contribution >= 0.6 is 11.6 Å². The largest absolute Gasteiger partial charge is 0.369 e. The number of nitrogens with two attached hydrogens (primary N) is 1. The highest BCUT2D eigenvalue weighted by Crippen LogP contribution is 2.34. The quantitative estimate of drug-likeness (QED) is 0.738. The zero-order valence-corrected chi connectivity index (χ0v) is 12.3. The van der Waals surface area contributed by atoms with Crippen LogP contribution in [0, 0.1) is 0 Å². The molecule has 0 bridgehead atoms. The van der Waals surface area contributed by atoms with E-state index in [1.807, 2.05) is 18.2 Å². The fourth-order valence-corrected chi connectivity index (χ4v) is 3.60. The van der Waals surface area contributed by atoms with E-state index in [1.165, 1.54) is 11.1 Å². The lowest BCUT2D eigenvalue weighted by Crippen LogP contribution is -2.20. The first-order valence-corrected chi connectivity index (χ1v) is 7.60. The third-order valence-electron chi connectivity index (χ3n) is 4.38. The van der Waals surface area contributed by atoms with Crippen LogP contribution in [0.25, 0.3) is 11.0 Å². The maximum Gasteiger partial charge on any atom is 0.201 e. The predicted octanol–water partition coefficient (Wildman–Crippen LogP) is 4.00. The van der Waals surface area contributed by atoms with E-state index in [9.17, 15) is 0 Å². The monoisotopic (exact) mass is 297 g/mol. The van der Waals surface area contributed by atoms with Gasteiger partial charge in [0, 0.05) is 6.04 Å². The molecular formula is C17H16ClN3. The molecule has 2 N–H and O–H groups in total. The summed E-state index contributed by atoms with van der Waals surface area (Å²) in [6.45, 7) is 0. The van der Waals surface area contributed by atoms with E-state index in [0.717, 1.165) is 30.3 Å². The summed E-state index contributed by atoms with van der Waals surface area (Å²) >= 11 is 6.23. The Labute approximate surface area is 128 Å². The molecular weight excluding hydrogens is 282 g/mol. The molecule has 1 aliphatic carbocycles. The molecule has 1 heterocycles. The Bertz CT molecular complexity index is 822. The van der Waals surface area contributed by atoms with Crippen molar-refractivity contribution in [3.05, 3.63) is 58.6 Å². The molecule has 0 aliphatic heterocycles. The van der Waals surface area contributed by atoms with Crippen molar-refractivity contribution < 1.29 is 0 Å². The molecule has 1 unspecified atom stereocenters. The predicted molar refractivity (Wildman–Crippen MR) is 86.7 cm³/mol. The number of aryl methyl sites for hydroxylation is 1. The number of halogens is 1. The van der Waals surface area contributed by atoms with Crippen LogP contribution in [0.2, 0.25) is 5.02 Å². The van der Waals surface area contributed by atoms with Gasteiger partial charge in [0.1, 0.15) is 5.52 Å². The first kappa shape index (κ1) is 12.7. The summed E-state index contributed by atoms with van der Waals surface area (Å²) < 4.78 is 2.15. The van der Waals surface area contributed by atoms with Gasteiger partial charge in [0.15, 0.2) is 0 Å². The number of aromatic nitrogens is 2. The Hall–Kier alpha value is -2.00. The number of para-hydroxylation sites is 1. The summed E-state index contributed by atoms with van der Waals surface area (Å²) in [5, 5.41) is 0.661. The van der Waals surface area contributed by atoms with Gasteiger partial charge in [-0.2, -0.15) is 0 Å². The number of anilines is 1. The second kappa shape index (κ2) is 4.78. The molecule has 0 saturated carbocycles. The van der Waals surface area contributed by atoms with Crippen LogP contribution in [0.5, 0.6) is 0 Å². The third-order valence-corrected chi connectivity index (χ3v) is 4.69. The van der Waals surface area contributed by atoms with Crippen molar-refractivity contribution in [2.24, 2.45) is 0 Å². The van der Waals surface area contributed by atoms with Gasteiger partial charge in [-0.1, -0.05) is 41.9 Å². The van der Waals surface area contributed by atoms with Crippen LogP contribution in [-0.2, 0) is 12.8 Å². The maximum atomic E-state index is 6.23. The highest BCUT2D eigenvalue weighted by molar-refractivity contribution is 6.35. The van der Waals surface area contributed by atoms with Crippen molar-refractivity contribution in [3.8, 4) is 0 Å². The van der Waals surface area contributed by atoms with Crippen molar-refractivity contribution in [1.82, 2.24) is 9.55 Å². The molecule has 3 nitrogen and oxygen atoms in total. The zero-order chi connectivity index (χ0) is 14.4. The summed E-state index contributed by atoms with van der Waals surface area (Å²) in [5.74, 6) is 0.558. The molecule has 1 aliphatic rings. The highest BCUT2D eigenvalue weighted by Gasteiger charge is 2.23. The van der Waals surface area contributed by atoms with Gasteiger partial charge < -0.3 is 10.3 Å². The number of imidazole rings is 1. The standard InChI is InChI=1S/C17H16ClN3/c18-14-6-3-7-15-16(14)20-17(19)21(15)13-9-8-11-4-1-2-5-12(11)10-13/h1-7,13H,8-10H2,(H2,19,20). The highest BCUT2D eigenvalue weighted by atomic mass is 35.5. The van der Waals surface area contributed by atoms with E-state index in [1.54, 1.807) is 0 Å². The van der Waals surface area contributed by atoms with Crippen LogP contribution in [0.3, 0.4) is 0 Å². The molecule has 1 aromatic heterocycles. The Morgan fingerprint density at radius 3 is 2.76 bits per heavy atom. The first-order valence-electron chi connectivity index (χ1n) is 7.23. The second-order valence-corrected chi connectivity index (χ2v) is 6.02. The molecule has 106 valence electrons. The van der Waals surface area contributed by atoms with Crippen LogP contribution in [0.15, 0.2) is 42.5 Å². The number of fused-ring (bicyclic) bond motifs is 2. The van der Waals surface area contributed by atoms with Gasteiger partial charge in [-0.05, 0) is 42.5 Å². The van der Waals surface area contributed by atoms with Crippen LogP contribution in [-0.4, -0.2) is 9.55 Å². The smallest absolute Gasteiger partial charge is 0.201 e. The maximum absolute atomic E-state index is 6.23. The normalized spacial score (nSPS) is 17.9. The summed E-state index contributed by atoms with van der Waals surface area (Å²) in [6, 6.07) is 14.9. The molecule has 3 aromatic rings. The summed E-state index contributed by atoms with van der Waals surface area (Å²) in [4.78, 5) is 4.45. The average molecular weight is 298 g/mol. The van der Waals surface area contributed by atoms with Gasteiger partial charge >= 0.3 is 0 Å². The Morgan fingerprint density at radius 2 is 1.90 bits per heavy atom. The SMILES string of the molecule is Nc1nc2c(Cl)cccc2n1C1CCc2ccccc2C1. The first-order chi connectivity index (χ1) is 10.2. The van der Waals surface area contributed by atoms with E-state index >= 15 is 0 Å². The van der Waals surface area contributed by atoms with Gasteiger partial charge in [-0.25, -0.2) is 4.98 Å². The molecule has 0 fully saturated rings. The summed E-state index contributed by atoms with van der Waals surface area (Å²) in [7, 11) is 0. The van der Waals surface area contributed by atoms with Crippen LogP contribution in [0.4, 0.5) is 5.95 Å². The summed E-state index contributed by atoms with van der Waals surface area (Å²) in [5.41, 5.74) is 10.9. The number of nitrogen functional groups attached to an aromatic ring is 1. The average Bonchev–Trinajstić information content (AvgIpc) is 2.84. The lowest BCUT2D eigenvalue weighted by molar-refractivity contribution is 0.457. The molecule has 4 rings (SSSR count). The number of rotatable bonds is 1. The minimum atomic E-state index is 0.350. The molecule has 2 aromatic carbocycles. The van der Waals surface area contributed by atoms with Gasteiger partial charge in [-0.3, -0.25) is 0 Å². The Kier molecular flexibility index (Phi) is 2.89. The van der Waals surface area contributed by atoms with Crippen molar-refractivity contribution >= 4 is 28.6 Å². The van der Waals surface area contributed by atoms with Gasteiger partial charge in [0.25, 0.3) is 0 Å². The van der Waals surface area contributed by atoms with Gasteiger partial charge in [-0.15, -0.1) is 0 Å². The number of hydrogen-bond donors (Lipinski definition) is 1. The molecule has 21 heavy (non-hydrogen) atoms. The number of benzene rings is 2. The molecule has 0 spiro atoms. The van der Waals surface area contributed by atoms with Crippen molar-refractivity contribution in [3.63, 3.8) is 0 Å². The lowest BCUT2D eigenvalue weighted by Gasteiger charge is -2.27. The van der Waals surface area contributed by atoms with Crippen molar-refractivity contribution in [1.29, 1.82) is 0 Å². The Balaban J connectivity index is 1.82. The van der Waals surface area contributed by atoms with Gasteiger partial charge in [0.05, 0.1) is 10.5 Å². The Morgan fingerprint density at radius 1 is 1.10 bits per heavy atom. The van der Waals surface area contributed by atoms with Gasteiger partial charge in [0.2, 0.25) is 5.95 Å². The van der Waals surface area contributed by atoms with E-state index in [-0.39, 0.29) is 0 Å². The van der Waals surface area contributed by atoms with Crippen molar-refractivity contribution in [2.45, 2.75) is 25.3 Å². The van der Waals surface area contributed by atoms with Crippen LogP contribution in [0.1, 0.15) is 23.6 Å². The molecule has 0 saturated heterocycles. The minimum Gasteiger partial charge on any atom is -0.369 e. The second-order valence-electron chi connectivity index (χ2n) is 5.61. The van der Waals surface area contributed by atoms with Crippen LogP contribution < -0.4 is 5.73 Å². The fourth-order valence-electron chi connectivity index (χ4n) is 3.38. The van der Waals surface area contributed by atoms with E-state index in [0.29, 0.717) is 17.0 Å². The van der Waals surface area contributed by atoms with Crippen molar-refractivity contribution in [2.75, 3.05) is 5.73 Å². The molecule has 1 atom stereocenters. The van der Waals surface area contributed by atoms with E-state index in [4.69, 9.17) is 17.3 Å². The third kappa shape index (κ3) is 2.00. The van der Waals surface area contributed by atoms with E-state index in [2.05, 4.69) is 33.8 Å². The lowest BCUT2D eigenvalue weighted by atomic mass is 9.88. The van der Waals surface area contributed by atoms with E-state index < -0.39 is 0 Å². The molecule has 4 heteroatoms.